The van der Waals surface area contributed by atoms with Crippen molar-refractivity contribution in [2.75, 3.05) is 0 Å². The summed E-state index contributed by atoms with van der Waals surface area (Å²) in [7, 11) is 0. The van der Waals surface area contributed by atoms with Crippen molar-refractivity contribution in [1.29, 1.82) is 0 Å². The van der Waals surface area contributed by atoms with Gasteiger partial charge >= 0.3 is 6.09 Å². The van der Waals surface area contributed by atoms with Gasteiger partial charge in [0.15, 0.2) is 0 Å². The molecule has 0 spiro atoms. The molecular formula is C19H18N2O3. The van der Waals surface area contributed by atoms with Crippen LogP contribution in [0.2, 0.25) is 0 Å². The maximum Gasteiger partial charge on any atom is 0.412 e. The van der Waals surface area contributed by atoms with Crippen molar-refractivity contribution in [3.05, 3.63) is 75.6 Å². The van der Waals surface area contributed by atoms with Gasteiger partial charge in [0.05, 0.1) is 12.1 Å². The van der Waals surface area contributed by atoms with E-state index in [1.165, 1.54) is 0 Å². The van der Waals surface area contributed by atoms with E-state index in [0.29, 0.717) is 11.3 Å². The molecule has 2 aromatic carbocycles. The van der Waals surface area contributed by atoms with E-state index in [4.69, 9.17) is 4.74 Å². The van der Waals surface area contributed by atoms with Crippen molar-refractivity contribution in [3.8, 4) is 5.75 Å². The summed E-state index contributed by atoms with van der Waals surface area (Å²) in [6, 6.07) is 14.6. The second kappa shape index (κ2) is 6.58. The molecule has 0 atom stereocenters. The lowest BCUT2D eigenvalue weighted by Gasteiger charge is -2.09. The fourth-order valence-electron chi connectivity index (χ4n) is 2.66. The number of carbonyl (C=O) groups excluding carboxylic acids is 1. The first kappa shape index (κ1) is 15.8. The monoisotopic (exact) mass is 322 g/mol. The van der Waals surface area contributed by atoms with Crippen molar-refractivity contribution >= 4 is 17.0 Å². The number of fused-ring (bicyclic) bond motifs is 1. The Morgan fingerprint density at radius 1 is 1.12 bits per heavy atom. The molecule has 1 heterocycles. The molecule has 0 unspecified atom stereocenters. The Morgan fingerprint density at radius 3 is 2.62 bits per heavy atom. The third-order valence-corrected chi connectivity index (χ3v) is 3.75. The Bertz CT molecular complexity index is 946. The molecule has 24 heavy (non-hydrogen) atoms. The Morgan fingerprint density at radius 2 is 1.88 bits per heavy atom. The minimum absolute atomic E-state index is 0.101. The maximum absolute atomic E-state index is 12.2. The van der Waals surface area contributed by atoms with Crippen LogP contribution in [0.3, 0.4) is 0 Å². The van der Waals surface area contributed by atoms with E-state index < -0.39 is 6.09 Å². The summed E-state index contributed by atoms with van der Waals surface area (Å²) < 4.78 is 5.14. The summed E-state index contributed by atoms with van der Waals surface area (Å²) in [5.41, 5.74) is 3.23. The van der Waals surface area contributed by atoms with Crippen LogP contribution in [0.25, 0.3) is 10.9 Å². The standard InChI is InChI=1S/C19H18N2O3/c1-12-8-13(2)17-14(9-12)10-15(18(22)21-17)11-20-19(23)24-16-6-4-3-5-7-16/h3-10H,11H2,1-2H3,(H,20,23)(H,21,22). The lowest BCUT2D eigenvalue weighted by atomic mass is 10.1. The molecule has 3 rings (SSSR count). The van der Waals surface area contributed by atoms with E-state index >= 15 is 0 Å². The number of para-hydroxylation sites is 1. The molecule has 0 radical (unpaired) electrons. The number of hydrogen-bond acceptors (Lipinski definition) is 3. The minimum atomic E-state index is -0.596. The predicted octanol–water partition coefficient (Wildman–Crippen LogP) is 3.43. The highest BCUT2D eigenvalue weighted by Crippen LogP contribution is 2.18. The zero-order valence-corrected chi connectivity index (χ0v) is 13.6. The molecule has 0 fully saturated rings. The lowest BCUT2D eigenvalue weighted by molar-refractivity contribution is 0.200. The van der Waals surface area contributed by atoms with Gasteiger partial charge in [-0.05, 0) is 49.1 Å². The molecule has 0 bridgehead atoms. The molecule has 2 N–H and O–H groups in total. The number of rotatable bonds is 3. The molecule has 1 aromatic heterocycles. The fourth-order valence-corrected chi connectivity index (χ4v) is 2.66. The number of H-pyrrole nitrogens is 1. The van der Waals surface area contributed by atoms with Crippen LogP contribution in [0, 0.1) is 13.8 Å². The number of benzene rings is 2. The molecule has 5 nitrogen and oxygen atoms in total. The van der Waals surface area contributed by atoms with E-state index in [2.05, 4.69) is 10.3 Å². The Kier molecular flexibility index (Phi) is 4.33. The van der Waals surface area contributed by atoms with Crippen LogP contribution in [0.4, 0.5) is 4.79 Å². The first-order valence-electron chi connectivity index (χ1n) is 7.67. The highest BCUT2D eigenvalue weighted by Gasteiger charge is 2.08. The maximum atomic E-state index is 12.2. The number of carbonyl (C=O) groups is 1. The van der Waals surface area contributed by atoms with E-state index in [1.807, 2.05) is 32.0 Å². The largest absolute Gasteiger partial charge is 0.412 e. The fraction of sp³-hybridized carbons (Fsp3) is 0.158. The molecule has 0 aliphatic rings. The number of aromatic amines is 1. The van der Waals surface area contributed by atoms with E-state index in [1.54, 1.807) is 30.3 Å². The van der Waals surface area contributed by atoms with Gasteiger partial charge in [-0.1, -0.05) is 29.8 Å². The quantitative estimate of drug-likeness (QED) is 0.776. The van der Waals surface area contributed by atoms with Crippen molar-refractivity contribution in [2.24, 2.45) is 0 Å². The third-order valence-electron chi connectivity index (χ3n) is 3.75. The van der Waals surface area contributed by atoms with E-state index in [-0.39, 0.29) is 12.1 Å². The van der Waals surface area contributed by atoms with Gasteiger partial charge in [0.1, 0.15) is 5.75 Å². The Hall–Kier alpha value is -3.08. The van der Waals surface area contributed by atoms with Crippen LogP contribution < -0.4 is 15.6 Å². The summed E-state index contributed by atoms with van der Waals surface area (Å²) >= 11 is 0. The van der Waals surface area contributed by atoms with Gasteiger partial charge in [0.25, 0.3) is 5.56 Å². The number of nitrogens with one attached hydrogen (secondary N) is 2. The lowest BCUT2D eigenvalue weighted by Crippen LogP contribution is -2.29. The number of ether oxygens (including phenoxy) is 1. The van der Waals surface area contributed by atoms with Crippen molar-refractivity contribution in [1.82, 2.24) is 10.3 Å². The number of pyridine rings is 1. The van der Waals surface area contributed by atoms with Crippen molar-refractivity contribution < 1.29 is 9.53 Å². The van der Waals surface area contributed by atoms with Crippen LogP contribution in [0.5, 0.6) is 5.75 Å². The van der Waals surface area contributed by atoms with Gasteiger partial charge in [-0.15, -0.1) is 0 Å². The van der Waals surface area contributed by atoms with Gasteiger partial charge < -0.3 is 15.0 Å². The highest BCUT2D eigenvalue weighted by molar-refractivity contribution is 5.83. The zero-order valence-electron chi connectivity index (χ0n) is 13.6. The third kappa shape index (κ3) is 3.46. The number of hydrogen-bond donors (Lipinski definition) is 2. The van der Waals surface area contributed by atoms with Gasteiger partial charge in [0, 0.05) is 5.56 Å². The van der Waals surface area contributed by atoms with Crippen LogP contribution >= 0.6 is 0 Å². The average Bonchev–Trinajstić information content (AvgIpc) is 2.55. The smallest absolute Gasteiger partial charge is 0.410 e. The van der Waals surface area contributed by atoms with Crippen molar-refractivity contribution in [2.45, 2.75) is 20.4 Å². The van der Waals surface area contributed by atoms with Gasteiger partial charge in [-0.3, -0.25) is 4.79 Å². The molecule has 0 aliphatic heterocycles. The van der Waals surface area contributed by atoms with Crippen LogP contribution in [0.1, 0.15) is 16.7 Å². The molecule has 5 heteroatoms. The zero-order chi connectivity index (χ0) is 17.1. The topological polar surface area (TPSA) is 71.2 Å². The van der Waals surface area contributed by atoms with E-state index in [9.17, 15) is 9.59 Å². The van der Waals surface area contributed by atoms with E-state index in [0.717, 1.165) is 22.0 Å². The summed E-state index contributed by atoms with van der Waals surface area (Å²) in [6.45, 7) is 4.07. The predicted molar refractivity (Wildman–Crippen MR) is 93.3 cm³/mol. The van der Waals surface area contributed by atoms with Gasteiger partial charge in [-0.2, -0.15) is 0 Å². The highest BCUT2D eigenvalue weighted by atomic mass is 16.6. The summed E-state index contributed by atoms with van der Waals surface area (Å²) in [5.74, 6) is 0.452. The van der Waals surface area contributed by atoms with Gasteiger partial charge in [-0.25, -0.2) is 4.79 Å². The SMILES string of the molecule is Cc1cc(C)c2[nH]c(=O)c(CNC(=O)Oc3ccccc3)cc2c1. The Balaban J connectivity index is 1.76. The van der Waals surface area contributed by atoms with Crippen LogP contribution in [-0.2, 0) is 6.54 Å². The van der Waals surface area contributed by atoms with Crippen molar-refractivity contribution in [3.63, 3.8) is 0 Å². The Labute approximate surface area is 139 Å². The second-order valence-electron chi connectivity index (χ2n) is 5.73. The number of amides is 1. The second-order valence-corrected chi connectivity index (χ2v) is 5.73. The molecule has 0 aliphatic carbocycles. The number of aryl methyl sites for hydroxylation is 2. The first-order valence-corrected chi connectivity index (χ1v) is 7.67. The summed E-state index contributed by atoms with van der Waals surface area (Å²) in [4.78, 5) is 26.9. The number of aromatic nitrogens is 1. The molecule has 3 aromatic rings. The molecule has 122 valence electrons. The molecule has 0 saturated heterocycles. The summed E-state index contributed by atoms with van der Waals surface area (Å²) in [6.07, 6.45) is -0.596. The summed E-state index contributed by atoms with van der Waals surface area (Å²) in [5, 5.41) is 3.55. The molecule has 0 saturated carbocycles. The van der Waals surface area contributed by atoms with Gasteiger partial charge in [0.2, 0.25) is 0 Å². The molecule has 1 amide bonds. The average molecular weight is 322 g/mol. The van der Waals surface area contributed by atoms with Crippen LogP contribution in [-0.4, -0.2) is 11.1 Å². The molecular weight excluding hydrogens is 304 g/mol. The minimum Gasteiger partial charge on any atom is -0.410 e. The van der Waals surface area contributed by atoms with Crippen LogP contribution in [0.15, 0.2) is 53.3 Å². The normalized spacial score (nSPS) is 10.6. The first-order chi connectivity index (χ1) is 11.5.